The number of methoxy groups -OCH3 is 1. The summed E-state index contributed by atoms with van der Waals surface area (Å²) in [5, 5.41) is 3.36. The lowest BCUT2D eigenvalue weighted by Gasteiger charge is -2.33. The topological polar surface area (TPSA) is 79.0 Å². The van der Waals surface area contributed by atoms with E-state index >= 15 is 0 Å². The fourth-order valence-electron chi connectivity index (χ4n) is 4.34. The number of carbonyl (C=O) groups is 3. The summed E-state index contributed by atoms with van der Waals surface area (Å²) in [5.74, 6) is -0.158. The van der Waals surface area contributed by atoms with E-state index in [0.29, 0.717) is 33.4 Å². The predicted octanol–water partition coefficient (Wildman–Crippen LogP) is 4.27. The zero-order valence-electron chi connectivity index (χ0n) is 18.2. The molecule has 2 aliphatic rings. The molecule has 3 amide bonds. The van der Waals surface area contributed by atoms with Crippen LogP contribution >= 0.6 is 23.4 Å². The highest BCUT2D eigenvalue weighted by atomic mass is 35.5. The summed E-state index contributed by atoms with van der Waals surface area (Å²) in [6.07, 6.45) is 0. The maximum atomic E-state index is 14.0. The first-order valence-corrected chi connectivity index (χ1v) is 11.9. The van der Waals surface area contributed by atoms with Gasteiger partial charge < -0.3 is 10.1 Å². The van der Waals surface area contributed by atoms with Gasteiger partial charge in [0, 0.05) is 28.0 Å². The molecule has 2 heterocycles. The Morgan fingerprint density at radius 3 is 2.62 bits per heavy atom. The van der Waals surface area contributed by atoms with Crippen LogP contribution in [0.2, 0.25) is 5.02 Å². The van der Waals surface area contributed by atoms with Gasteiger partial charge in [-0.15, -0.1) is 11.8 Å². The lowest BCUT2D eigenvalue weighted by molar-refractivity contribution is -0.124. The number of ether oxygens (including phenoxy) is 1. The van der Waals surface area contributed by atoms with Crippen molar-refractivity contribution in [2.24, 2.45) is 0 Å². The second kappa shape index (κ2) is 8.70. The van der Waals surface area contributed by atoms with Crippen LogP contribution < -0.4 is 19.9 Å². The Balaban J connectivity index is 1.51. The molecule has 34 heavy (non-hydrogen) atoms. The van der Waals surface area contributed by atoms with Crippen molar-refractivity contribution >= 4 is 58.1 Å². The average molecular weight is 494 g/mol. The third-order valence-electron chi connectivity index (χ3n) is 5.81. The highest BCUT2D eigenvalue weighted by Crippen LogP contribution is 2.55. The van der Waals surface area contributed by atoms with Crippen LogP contribution in [0.4, 0.5) is 17.1 Å². The first kappa shape index (κ1) is 22.3. The van der Waals surface area contributed by atoms with E-state index in [9.17, 15) is 14.4 Å². The maximum Gasteiger partial charge on any atom is 0.269 e. The molecule has 172 valence electrons. The van der Waals surface area contributed by atoms with Crippen LogP contribution in [0, 0.1) is 0 Å². The minimum absolute atomic E-state index is 0.141. The molecule has 0 aromatic heterocycles. The second-order valence-corrected chi connectivity index (χ2v) is 9.43. The minimum atomic E-state index is -1.29. The maximum absolute atomic E-state index is 14.0. The lowest BCUT2D eigenvalue weighted by atomic mass is 10.0. The molecule has 3 aromatic rings. The Morgan fingerprint density at radius 1 is 1.09 bits per heavy atom. The monoisotopic (exact) mass is 493 g/mol. The molecule has 0 unspecified atom stereocenters. The molecule has 1 atom stereocenters. The van der Waals surface area contributed by atoms with Gasteiger partial charge in [-0.25, -0.2) is 0 Å². The number of halogens is 1. The zero-order valence-corrected chi connectivity index (χ0v) is 19.7. The van der Waals surface area contributed by atoms with Gasteiger partial charge in [0.05, 0.1) is 18.6 Å². The number of fused-ring (bicyclic) bond motifs is 2. The van der Waals surface area contributed by atoms with Gasteiger partial charge in [-0.3, -0.25) is 24.2 Å². The number of benzene rings is 3. The minimum Gasteiger partial charge on any atom is -0.497 e. The van der Waals surface area contributed by atoms with Crippen LogP contribution in [0.3, 0.4) is 0 Å². The molecular formula is C25H20ClN3O4S. The number of hydrogen-bond acceptors (Lipinski definition) is 5. The summed E-state index contributed by atoms with van der Waals surface area (Å²) in [7, 11) is 1.55. The van der Waals surface area contributed by atoms with E-state index in [-0.39, 0.29) is 30.0 Å². The quantitative estimate of drug-likeness (QED) is 0.574. The number of anilines is 3. The number of para-hydroxylation sites is 1. The first-order chi connectivity index (χ1) is 16.4. The van der Waals surface area contributed by atoms with E-state index in [4.69, 9.17) is 16.3 Å². The van der Waals surface area contributed by atoms with Crippen molar-refractivity contribution in [3.05, 3.63) is 83.4 Å². The summed E-state index contributed by atoms with van der Waals surface area (Å²) in [5.41, 5.74) is 2.42. The van der Waals surface area contributed by atoms with Gasteiger partial charge in [0.15, 0.2) is 0 Å². The molecule has 0 bridgehead atoms. The van der Waals surface area contributed by atoms with Gasteiger partial charge in [0.2, 0.25) is 16.7 Å². The normalized spacial score (nSPS) is 19.0. The third kappa shape index (κ3) is 3.59. The Bertz CT molecular complexity index is 1300. The van der Waals surface area contributed by atoms with Crippen LogP contribution in [0.5, 0.6) is 5.75 Å². The van der Waals surface area contributed by atoms with Gasteiger partial charge in [0.25, 0.3) is 5.91 Å². The Labute approximate surface area is 205 Å². The van der Waals surface area contributed by atoms with E-state index in [2.05, 4.69) is 5.32 Å². The van der Waals surface area contributed by atoms with Crippen LogP contribution in [-0.2, 0) is 19.3 Å². The SMILES string of the molecule is COc1cccc(N2C(=O)CS[C@@]23C(=O)N(CC(=O)Nc2ccc(Cl)cc2)c2ccccc23)c1. The smallest absolute Gasteiger partial charge is 0.269 e. The van der Waals surface area contributed by atoms with E-state index < -0.39 is 4.87 Å². The number of hydrogen-bond donors (Lipinski definition) is 1. The fraction of sp³-hybridized carbons (Fsp3) is 0.160. The number of thioether (sulfide) groups is 1. The highest BCUT2D eigenvalue weighted by Gasteiger charge is 2.61. The van der Waals surface area contributed by atoms with Crippen molar-refractivity contribution in [2.45, 2.75) is 4.87 Å². The average Bonchev–Trinajstić information content (AvgIpc) is 3.31. The molecule has 0 saturated carbocycles. The molecule has 1 N–H and O–H groups in total. The number of nitrogens with one attached hydrogen (secondary N) is 1. The molecule has 3 aromatic carbocycles. The summed E-state index contributed by atoms with van der Waals surface area (Å²) in [6, 6.07) is 21.1. The van der Waals surface area contributed by atoms with Gasteiger partial charge >= 0.3 is 0 Å². The number of rotatable bonds is 5. The van der Waals surface area contributed by atoms with Crippen molar-refractivity contribution < 1.29 is 19.1 Å². The van der Waals surface area contributed by atoms with Gasteiger partial charge in [-0.05, 0) is 42.5 Å². The first-order valence-electron chi connectivity index (χ1n) is 10.5. The molecule has 1 spiro atoms. The second-order valence-electron chi connectivity index (χ2n) is 7.83. The summed E-state index contributed by atoms with van der Waals surface area (Å²) in [6.45, 7) is -0.194. The van der Waals surface area contributed by atoms with Crippen molar-refractivity contribution in [1.29, 1.82) is 0 Å². The van der Waals surface area contributed by atoms with Gasteiger partial charge in [-0.2, -0.15) is 0 Å². The Hall–Kier alpha value is -3.49. The van der Waals surface area contributed by atoms with E-state index in [1.807, 2.05) is 18.2 Å². The number of nitrogens with zero attached hydrogens (tertiary/aromatic N) is 2. The molecule has 9 heteroatoms. The van der Waals surface area contributed by atoms with E-state index in [1.54, 1.807) is 61.7 Å². The zero-order chi connectivity index (χ0) is 23.9. The standard InChI is InChI=1S/C25H20ClN3O4S/c1-33-19-6-4-5-18(13-19)29-23(31)15-34-25(29)20-7-2-3-8-21(20)28(24(25)32)14-22(30)27-17-11-9-16(26)10-12-17/h2-13H,14-15H2,1H3,(H,27,30)/t25-/m0/s1. The van der Waals surface area contributed by atoms with Crippen LogP contribution in [0.25, 0.3) is 0 Å². The Kier molecular flexibility index (Phi) is 5.71. The summed E-state index contributed by atoms with van der Waals surface area (Å²) in [4.78, 5) is 41.6. The fourth-order valence-corrected chi connectivity index (χ4v) is 5.82. The van der Waals surface area contributed by atoms with Gasteiger partial charge in [0.1, 0.15) is 12.3 Å². The predicted molar refractivity (Wildman–Crippen MR) is 133 cm³/mol. The molecule has 7 nitrogen and oxygen atoms in total. The lowest BCUT2D eigenvalue weighted by Crippen LogP contribution is -2.50. The molecule has 2 aliphatic heterocycles. The van der Waals surface area contributed by atoms with Crippen molar-refractivity contribution in [2.75, 3.05) is 34.5 Å². The summed E-state index contributed by atoms with van der Waals surface area (Å²) >= 11 is 7.18. The van der Waals surface area contributed by atoms with E-state index in [0.717, 1.165) is 0 Å². The largest absolute Gasteiger partial charge is 0.497 e. The van der Waals surface area contributed by atoms with Crippen molar-refractivity contribution in [3.63, 3.8) is 0 Å². The Morgan fingerprint density at radius 2 is 1.85 bits per heavy atom. The van der Waals surface area contributed by atoms with E-state index in [1.165, 1.54) is 21.6 Å². The number of amides is 3. The molecule has 1 saturated heterocycles. The van der Waals surface area contributed by atoms with Crippen molar-refractivity contribution in [3.8, 4) is 5.75 Å². The molecule has 1 fully saturated rings. The van der Waals surface area contributed by atoms with Crippen LogP contribution in [0.1, 0.15) is 5.56 Å². The van der Waals surface area contributed by atoms with Gasteiger partial charge in [-0.1, -0.05) is 35.9 Å². The van der Waals surface area contributed by atoms with Crippen LogP contribution in [-0.4, -0.2) is 37.1 Å². The molecule has 5 rings (SSSR count). The third-order valence-corrected chi connectivity index (χ3v) is 7.44. The van der Waals surface area contributed by atoms with Crippen LogP contribution in [0.15, 0.2) is 72.8 Å². The molecule has 0 radical (unpaired) electrons. The number of carbonyl (C=O) groups excluding carboxylic acids is 3. The molecular weight excluding hydrogens is 474 g/mol. The van der Waals surface area contributed by atoms with Crippen molar-refractivity contribution in [1.82, 2.24) is 0 Å². The highest BCUT2D eigenvalue weighted by molar-refractivity contribution is 8.02. The summed E-state index contributed by atoms with van der Waals surface area (Å²) < 4.78 is 5.33. The molecule has 0 aliphatic carbocycles.